The smallest absolute Gasteiger partial charge is 0.396 e. The van der Waals surface area contributed by atoms with Crippen molar-refractivity contribution < 1.29 is 19.1 Å². The highest BCUT2D eigenvalue weighted by Gasteiger charge is 2.15. The number of esters is 1. The maximum absolute atomic E-state index is 11.2. The largest absolute Gasteiger partial charge is 0.497 e. The van der Waals surface area contributed by atoms with Crippen LogP contribution < -0.4 is 10.1 Å². The van der Waals surface area contributed by atoms with Crippen LogP contribution >= 0.6 is 11.6 Å². The molecule has 0 radical (unpaired) electrons. The van der Waals surface area contributed by atoms with Crippen molar-refractivity contribution >= 4 is 29.2 Å². The molecular weight excluding hydrogens is 234 g/mol. The Morgan fingerprint density at radius 3 is 2.56 bits per heavy atom. The molecule has 0 aliphatic carbocycles. The summed E-state index contributed by atoms with van der Waals surface area (Å²) in [6, 6.07) is 4.69. The quantitative estimate of drug-likeness (QED) is 0.631. The number of methoxy groups -OCH3 is 2. The Balaban J connectivity index is 2.88. The standard InChI is InChI=1S/C10H10ClNO4/c1-15-6-3-4-7(11)8(5-6)12-9(13)10(14)16-2/h3-5H,1-2H3,(H,12,13). The van der Waals surface area contributed by atoms with Crippen molar-refractivity contribution in [1.82, 2.24) is 0 Å². The lowest BCUT2D eigenvalue weighted by molar-refractivity contribution is -0.150. The second-order valence-electron chi connectivity index (χ2n) is 2.79. The molecule has 1 aromatic carbocycles. The SMILES string of the molecule is COC(=O)C(=O)Nc1cc(OC)ccc1Cl. The Labute approximate surface area is 97.3 Å². The third kappa shape index (κ3) is 2.87. The first-order chi connectivity index (χ1) is 7.58. The summed E-state index contributed by atoms with van der Waals surface area (Å²) in [4.78, 5) is 22.1. The van der Waals surface area contributed by atoms with Crippen LogP contribution in [0.1, 0.15) is 0 Å². The van der Waals surface area contributed by atoms with Crippen molar-refractivity contribution in [2.24, 2.45) is 0 Å². The molecule has 5 nitrogen and oxygen atoms in total. The van der Waals surface area contributed by atoms with Crippen molar-refractivity contribution in [3.05, 3.63) is 23.2 Å². The van der Waals surface area contributed by atoms with E-state index in [2.05, 4.69) is 10.1 Å². The van der Waals surface area contributed by atoms with Crippen molar-refractivity contribution in [3.8, 4) is 5.75 Å². The van der Waals surface area contributed by atoms with Crippen LogP contribution in [0.5, 0.6) is 5.75 Å². The highest BCUT2D eigenvalue weighted by atomic mass is 35.5. The number of hydrogen-bond acceptors (Lipinski definition) is 4. The fraction of sp³-hybridized carbons (Fsp3) is 0.200. The van der Waals surface area contributed by atoms with Gasteiger partial charge in [0.25, 0.3) is 0 Å². The van der Waals surface area contributed by atoms with Gasteiger partial charge in [0.2, 0.25) is 0 Å². The molecule has 1 N–H and O–H groups in total. The first-order valence-electron chi connectivity index (χ1n) is 4.31. The van der Waals surface area contributed by atoms with E-state index in [0.29, 0.717) is 10.8 Å². The number of anilines is 1. The Kier molecular flexibility index (Phi) is 4.13. The molecule has 0 aliphatic rings. The second kappa shape index (κ2) is 5.37. The first-order valence-corrected chi connectivity index (χ1v) is 4.69. The number of hydrogen-bond donors (Lipinski definition) is 1. The van der Waals surface area contributed by atoms with Gasteiger partial charge in [0.05, 0.1) is 24.9 Å². The molecular formula is C10H10ClNO4. The normalized spacial score (nSPS) is 9.44. The molecule has 1 rings (SSSR count). The third-order valence-corrected chi connectivity index (χ3v) is 2.12. The van der Waals surface area contributed by atoms with E-state index < -0.39 is 11.9 Å². The van der Waals surface area contributed by atoms with E-state index in [4.69, 9.17) is 16.3 Å². The number of halogens is 1. The molecule has 0 aliphatic heterocycles. The van der Waals surface area contributed by atoms with Crippen LogP contribution in [0.25, 0.3) is 0 Å². The van der Waals surface area contributed by atoms with E-state index in [1.165, 1.54) is 13.2 Å². The van der Waals surface area contributed by atoms with Crippen LogP contribution in [0.2, 0.25) is 5.02 Å². The summed E-state index contributed by atoms with van der Waals surface area (Å²) >= 11 is 5.82. The second-order valence-corrected chi connectivity index (χ2v) is 3.20. The Bertz CT molecular complexity index is 419. The molecule has 0 atom stereocenters. The first kappa shape index (κ1) is 12.3. The summed E-state index contributed by atoms with van der Waals surface area (Å²) in [6.07, 6.45) is 0. The highest BCUT2D eigenvalue weighted by Crippen LogP contribution is 2.26. The molecule has 0 heterocycles. The van der Waals surface area contributed by atoms with Gasteiger partial charge in [0, 0.05) is 6.07 Å². The maximum Gasteiger partial charge on any atom is 0.396 e. The van der Waals surface area contributed by atoms with Crippen molar-refractivity contribution in [1.29, 1.82) is 0 Å². The lowest BCUT2D eigenvalue weighted by Gasteiger charge is -2.07. The Hall–Kier alpha value is -1.75. The third-order valence-electron chi connectivity index (χ3n) is 1.79. The number of carbonyl (C=O) groups is 2. The van der Waals surface area contributed by atoms with Gasteiger partial charge in [-0.2, -0.15) is 0 Å². The average Bonchev–Trinajstić information content (AvgIpc) is 2.30. The molecule has 0 spiro atoms. The number of nitrogens with one attached hydrogen (secondary N) is 1. The number of benzene rings is 1. The minimum absolute atomic E-state index is 0.288. The van der Waals surface area contributed by atoms with Crippen molar-refractivity contribution in [3.63, 3.8) is 0 Å². The number of amides is 1. The lowest BCUT2D eigenvalue weighted by atomic mass is 10.3. The van der Waals surface area contributed by atoms with Gasteiger partial charge in [-0.15, -0.1) is 0 Å². The van der Waals surface area contributed by atoms with E-state index in [1.54, 1.807) is 12.1 Å². The predicted molar refractivity (Wildman–Crippen MR) is 58.6 cm³/mol. The zero-order valence-electron chi connectivity index (χ0n) is 8.74. The van der Waals surface area contributed by atoms with E-state index in [9.17, 15) is 9.59 Å². The van der Waals surface area contributed by atoms with E-state index in [0.717, 1.165) is 7.11 Å². The number of carbonyl (C=O) groups excluding carboxylic acids is 2. The van der Waals surface area contributed by atoms with Gasteiger partial charge in [-0.25, -0.2) is 4.79 Å². The van der Waals surface area contributed by atoms with Gasteiger partial charge in [0.15, 0.2) is 0 Å². The van der Waals surface area contributed by atoms with Gasteiger partial charge < -0.3 is 14.8 Å². The fourth-order valence-electron chi connectivity index (χ4n) is 0.993. The van der Waals surface area contributed by atoms with Crippen LogP contribution in [0.4, 0.5) is 5.69 Å². The number of rotatable bonds is 2. The molecule has 0 aromatic heterocycles. The lowest BCUT2D eigenvalue weighted by Crippen LogP contribution is -2.23. The van der Waals surface area contributed by atoms with E-state index in [1.807, 2.05) is 0 Å². The van der Waals surface area contributed by atoms with E-state index >= 15 is 0 Å². The van der Waals surface area contributed by atoms with Crippen molar-refractivity contribution in [2.45, 2.75) is 0 Å². The summed E-state index contributed by atoms with van der Waals surface area (Å²) in [5.41, 5.74) is 0.288. The van der Waals surface area contributed by atoms with Gasteiger partial charge in [-0.1, -0.05) is 11.6 Å². The van der Waals surface area contributed by atoms with Gasteiger partial charge in [-0.05, 0) is 12.1 Å². The summed E-state index contributed by atoms with van der Waals surface area (Å²) in [5, 5.41) is 2.61. The minimum Gasteiger partial charge on any atom is -0.497 e. The maximum atomic E-state index is 11.2. The molecule has 0 saturated heterocycles. The zero-order chi connectivity index (χ0) is 12.1. The Morgan fingerprint density at radius 1 is 1.31 bits per heavy atom. The Morgan fingerprint density at radius 2 is 2.00 bits per heavy atom. The summed E-state index contributed by atoms with van der Waals surface area (Å²) in [7, 11) is 2.60. The molecule has 0 fully saturated rings. The van der Waals surface area contributed by atoms with Gasteiger partial charge in [-0.3, -0.25) is 4.79 Å². The van der Waals surface area contributed by atoms with Gasteiger partial charge >= 0.3 is 11.9 Å². The molecule has 6 heteroatoms. The van der Waals surface area contributed by atoms with Crippen LogP contribution in [0, 0.1) is 0 Å². The molecule has 1 aromatic rings. The predicted octanol–water partition coefficient (Wildman–Crippen LogP) is 1.46. The van der Waals surface area contributed by atoms with E-state index in [-0.39, 0.29) is 5.69 Å². The zero-order valence-corrected chi connectivity index (χ0v) is 9.50. The summed E-state index contributed by atoms with van der Waals surface area (Å²) in [5.74, 6) is -1.36. The fourth-order valence-corrected chi connectivity index (χ4v) is 1.16. The van der Waals surface area contributed by atoms with Crippen LogP contribution in [0.3, 0.4) is 0 Å². The molecule has 1 amide bonds. The molecule has 86 valence electrons. The van der Waals surface area contributed by atoms with Crippen LogP contribution in [-0.4, -0.2) is 26.1 Å². The highest BCUT2D eigenvalue weighted by molar-refractivity contribution is 6.39. The van der Waals surface area contributed by atoms with Crippen LogP contribution in [-0.2, 0) is 14.3 Å². The summed E-state index contributed by atoms with van der Waals surface area (Å²) < 4.78 is 9.21. The monoisotopic (exact) mass is 243 g/mol. The molecule has 0 bridgehead atoms. The minimum atomic E-state index is -0.987. The number of ether oxygens (including phenoxy) is 2. The molecule has 0 unspecified atom stereocenters. The average molecular weight is 244 g/mol. The molecule has 16 heavy (non-hydrogen) atoms. The van der Waals surface area contributed by atoms with Crippen molar-refractivity contribution in [2.75, 3.05) is 19.5 Å². The topological polar surface area (TPSA) is 64.6 Å². The summed E-state index contributed by atoms with van der Waals surface area (Å²) in [6.45, 7) is 0. The molecule has 0 saturated carbocycles. The van der Waals surface area contributed by atoms with Gasteiger partial charge in [0.1, 0.15) is 5.75 Å². The van der Waals surface area contributed by atoms with Crippen LogP contribution in [0.15, 0.2) is 18.2 Å².